The molecule has 0 radical (unpaired) electrons. The third-order valence-corrected chi connectivity index (χ3v) is 4.16. The molecule has 0 saturated heterocycles. The lowest BCUT2D eigenvalue weighted by Crippen LogP contribution is -2.51. The molecule has 2 aliphatic rings. The van der Waals surface area contributed by atoms with Crippen LogP contribution in [-0.2, 0) is 14.3 Å². The van der Waals surface area contributed by atoms with Crippen molar-refractivity contribution in [2.45, 2.75) is 70.4 Å². The molecule has 4 heteroatoms. The van der Waals surface area contributed by atoms with Gasteiger partial charge in [-0.05, 0) is 51.9 Å². The number of hydrogen-bond acceptors (Lipinski definition) is 4. The first kappa shape index (κ1) is 15.8. The fourth-order valence-corrected chi connectivity index (χ4v) is 2.49. The molecule has 0 amide bonds. The average Bonchev–Trinajstić information content (AvgIpc) is 3.29. The molecule has 0 aliphatic heterocycles. The van der Waals surface area contributed by atoms with Crippen molar-refractivity contribution in [3.8, 4) is 0 Å². The maximum absolute atomic E-state index is 12.1. The summed E-state index contributed by atoms with van der Waals surface area (Å²) < 4.78 is 10.9. The van der Waals surface area contributed by atoms with Gasteiger partial charge in [0.1, 0.15) is 5.54 Å². The van der Waals surface area contributed by atoms with Gasteiger partial charge in [0.25, 0.3) is 0 Å². The molecule has 1 N–H and O–H groups in total. The Morgan fingerprint density at radius 1 is 1.25 bits per heavy atom. The van der Waals surface area contributed by atoms with E-state index < -0.39 is 5.54 Å². The van der Waals surface area contributed by atoms with Gasteiger partial charge in [0, 0.05) is 19.3 Å². The van der Waals surface area contributed by atoms with Crippen molar-refractivity contribution in [1.29, 1.82) is 0 Å². The third kappa shape index (κ3) is 5.41. The molecule has 0 spiro atoms. The van der Waals surface area contributed by atoms with Crippen LogP contribution < -0.4 is 5.32 Å². The second-order valence-electron chi connectivity index (χ2n) is 6.42. The lowest BCUT2D eigenvalue weighted by atomic mass is 9.95. The highest BCUT2D eigenvalue weighted by molar-refractivity contribution is 5.80. The summed E-state index contributed by atoms with van der Waals surface area (Å²) in [5, 5.41) is 3.44. The van der Waals surface area contributed by atoms with Crippen molar-refractivity contribution in [2.75, 3.05) is 19.8 Å². The summed E-state index contributed by atoms with van der Waals surface area (Å²) in [6.07, 6.45) is 8.01. The van der Waals surface area contributed by atoms with Gasteiger partial charge >= 0.3 is 5.97 Å². The molecule has 1 atom stereocenters. The molecule has 0 aromatic carbocycles. The zero-order valence-corrected chi connectivity index (χ0v) is 13.0. The number of hydrogen-bond donors (Lipinski definition) is 1. The van der Waals surface area contributed by atoms with Crippen molar-refractivity contribution in [3.05, 3.63) is 0 Å². The Hall–Kier alpha value is -0.610. The molecule has 2 aliphatic carbocycles. The normalized spacial score (nSPS) is 21.5. The number of rotatable bonds is 11. The van der Waals surface area contributed by atoms with E-state index in [0.717, 1.165) is 32.0 Å². The van der Waals surface area contributed by atoms with Crippen LogP contribution in [0.4, 0.5) is 0 Å². The predicted molar refractivity (Wildman–Crippen MR) is 78.6 cm³/mol. The second kappa shape index (κ2) is 7.41. The molecule has 0 heterocycles. The van der Waals surface area contributed by atoms with Crippen molar-refractivity contribution < 1.29 is 14.3 Å². The highest BCUT2D eigenvalue weighted by Gasteiger charge is 2.39. The Bertz CT molecular complexity index is 313. The van der Waals surface area contributed by atoms with Crippen LogP contribution in [0.5, 0.6) is 0 Å². The smallest absolute Gasteiger partial charge is 0.326 e. The highest BCUT2D eigenvalue weighted by atomic mass is 16.5. The quantitative estimate of drug-likeness (QED) is 0.468. The second-order valence-corrected chi connectivity index (χ2v) is 6.42. The van der Waals surface area contributed by atoms with Crippen LogP contribution in [0.25, 0.3) is 0 Å². The van der Waals surface area contributed by atoms with Crippen molar-refractivity contribution in [3.63, 3.8) is 0 Å². The standard InChI is InChI=1S/C16H29NO3/c1-3-20-15(18)16(2,17-14-7-8-14)10-4-11-19-12-9-13-5-6-13/h13-14,17H,3-12H2,1-2H3. The van der Waals surface area contributed by atoms with Gasteiger partial charge in [-0.2, -0.15) is 0 Å². The largest absolute Gasteiger partial charge is 0.465 e. The van der Waals surface area contributed by atoms with Crippen molar-refractivity contribution in [2.24, 2.45) is 5.92 Å². The maximum Gasteiger partial charge on any atom is 0.326 e. The zero-order valence-electron chi connectivity index (χ0n) is 13.0. The first-order valence-electron chi connectivity index (χ1n) is 8.16. The minimum atomic E-state index is -0.545. The number of nitrogens with one attached hydrogen (secondary N) is 1. The first-order chi connectivity index (χ1) is 9.64. The van der Waals surface area contributed by atoms with Gasteiger partial charge in [-0.1, -0.05) is 12.8 Å². The lowest BCUT2D eigenvalue weighted by Gasteiger charge is -2.28. The van der Waals surface area contributed by atoms with Crippen LogP contribution >= 0.6 is 0 Å². The summed E-state index contributed by atoms with van der Waals surface area (Å²) in [5.41, 5.74) is -0.545. The van der Waals surface area contributed by atoms with E-state index in [9.17, 15) is 4.79 Å². The monoisotopic (exact) mass is 283 g/mol. The molecule has 0 aromatic heterocycles. The van der Waals surface area contributed by atoms with Crippen LogP contribution in [-0.4, -0.2) is 37.4 Å². The van der Waals surface area contributed by atoms with Crippen LogP contribution in [0.2, 0.25) is 0 Å². The van der Waals surface area contributed by atoms with Crippen LogP contribution in [0.1, 0.15) is 58.8 Å². The van der Waals surface area contributed by atoms with Gasteiger partial charge in [0.2, 0.25) is 0 Å². The van der Waals surface area contributed by atoms with E-state index in [1.807, 2.05) is 13.8 Å². The van der Waals surface area contributed by atoms with Gasteiger partial charge in [-0.15, -0.1) is 0 Å². The molecular weight excluding hydrogens is 254 g/mol. The van der Waals surface area contributed by atoms with Gasteiger partial charge in [-0.25, -0.2) is 0 Å². The van der Waals surface area contributed by atoms with Crippen molar-refractivity contribution >= 4 is 5.97 Å². The Morgan fingerprint density at radius 2 is 2.00 bits per heavy atom. The summed E-state index contributed by atoms with van der Waals surface area (Å²) in [6.45, 7) is 5.88. The SMILES string of the molecule is CCOC(=O)C(C)(CCCOCCC1CC1)NC1CC1. The third-order valence-electron chi connectivity index (χ3n) is 4.16. The fraction of sp³-hybridized carbons (Fsp3) is 0.938. The number of carbonyl (C=O) groups excluding carboxylic acids is 1. The van der Waals surface area contributed by atoms with E-state index in [1.54, 1.807) is 0 Å². The summed E-state index contributed by atoms with van der Waals surface area (Å²) in [6, 6.07) is 0.500. The molecule has 1 unspecified atom stereocenters. The summed E-state index contributed by atoms with van der Waals surface area (Å²) in [7, 11) is 0. The van der Waals surface area contributed by atoms with Gasteiger partial charge in [0.15, 0.2) is 0 Å². The zero-order chi connectivity index (χ0) is 14.4. The Balaban J connectivity index is 1.64. The maximum atomic E-state index is 12.1. The lowest BCUT2D eigenvalue weighted by molar-refractivity contribution is -0.151. The molecule has 20 heavy (non-hydrogen) atoms. The van der Waals surface area contributed by atoms with Crippen LogP contribution in [0, 0.1) is 5.92 Å². The van der Waals surface area contributed by atoms with E-state index in [1.165, 1.54) is 32.1 Å². The Morgan fingerprint density at radius 3 is 2.60 bits per heavy atom. The number of ether oxygens (including phenoxy) is 2. The van der Waals surface area contributed by atoms with Crippen LogP contribution in [0.15, 0.2) is 0 Å². The number of esters is 1. The molecule has 116 valence electrons. The minimum Gasteiger partial charge on any atom is -0.465 e. The molecular formula is C16H29NO3. The number of carbonyl (C=O) groups is 1. The highest BCUT2D eigenvalue weighted by Crippen LogP contribution is 2.32. The Kier molecular flexibility index (Phi) is 5.85. The van der Waals surface area contributed by atoms with Crippen molar-refractivity contribution in [1.82, 2.24) is 5.32 Å². The van der Waals surface area contributed by atoms with Gasteiger partial charge in [0.05, 0.1) is 6.61 Å². The topological polar surface area (TPSA) is 47.6 Å². The molecule has 0 bridgehead atoms. The van der Waals surface area contributed by atoms with Crippen LogP contribution in [0.3, 0.4) is 0 Å². The van der Waals surface area contributed by atoms with E-state index in [2.05, 4.69) is 5.32 Å². The summed E-state index contributed by atoms with van der Waals surface area (Å²) in [4.78, 5) is 12.1. The predicted octanol–water partition coefficient (Wildman–Crippen LogP) is 2.66. The summed E-state index contributed by atoms with van der Waals surface area (Å²) in [5.74, 6) is 0.807. The Labute approximate surface area is 122 Å². The fourth-order valence-electron chi connectivity index (χ4n) is 2.49. The van der Waals surface area contributed by atoms with Gasteiger partial charge < -0.3 is 9.47 Å². The van der Waals surface area contributed by atoms with E-state index in [4.69, 9.17) is 9.47 Å². The molecule has 0 aromatic rings. The van der Waals surface area contributed by atoms with E-state index in [0.29, 0.717) is 12.6 Å². The van der Waals surface area contributed by atoms with E-state index in [-0.39, 0.29) is 5.97 Å². The summed E-state index contributed by atoms with van der Waals surface area (Å²) >= 11 is 0. The molecule has 2 fully saturated rings. The molecule has 2 saturated carbocycles. The van der Waals surface area contributed by atoms with E-state index >= 15 is 0 Å². The molecule has 2 rings (SSSR count). The first-order valence-corrected chi connectivity index (χ1v) is 8.16. The molecule has 4 nitrogen and oxygen atoms in total. The minimum absolute atomic E-state index is 0.120. The van der Waals surface area contributed by atoms with Gasteiger partial charge in [-0.3, -0.25) is 10.1 Å². The average molecular weight is 283 g/mol.